The maximum Gasteiger partial charge on any atom is 0.233 e. The topological polar surface area (TPSA) is 69.4 Å². The summed E-state index contributed by atoms with van der Waals surface area (Å²) in [6.45, 7) is 1.32. The monoisotopic (exact) mass is 295 g/mol. The highest BCUT2D eigenvalue weighted by molar-refractivity contribution is 5.04. The van der Waals surface area contributed by atoms with Gasteiger partial charge in [0, 0.05) is 13.2 Å². The molecule has 1 N–H and O–H groups in total. The van der Waals surface area contributed by atoms with Crippen molar-refractivity contribution in [2.45, 2.75) is 50.2 Å². The van der Waals surface area contributed by atoms with Gasteiger partial charge in [0.05, 0.1) is 19.1 Å². The Hall–Kier alpha value is -0.980. The number of likely N-dealkylation sites (N-methyl/N-ethyl adjacent to an activating group) is 1. The number of rotatable bonds is 5. The van der Waals surface area contributed by atoms with Crippen molar-refractivity contribution in [1.82, 2.24) is 15.5 Å². The molecule has 3 atom stereocenters. The summed E-state index contributed by atoms with van der Waals surface area (Å²) < 4.78 is 16.7. The molecule has 1 saturated carbocycles. The first kappa shape index (κ1) is 14.9. The predicted octanol–water partition coefficient (Wildman–Crippen LogP) is 2.04. The smallest absolute Gasteiger partial charge is 0.233 e. The molecule has 0 amide bonds. The largest absolute Gasteiger partial charge is 0.379 e. The first-order valence-electron chi connectivity index (χ1n) is 7.94. The first-order chi connectivity index (χ1) is 10.3. The van der Waals surface area contributed by atoms with E-state index in [4.69, 9.17) is 14.0 Å². The molecule has 2 heterocycles. The summed E-state index contributed by atoms with van der Waals surface area (Å²) in [5.74, 6) is 2.01. The first-order valence-corrected chi connectivity index (χ1v) is 7.94. The van der Waals surface area contributed by atoms with Crippen molar-refractivity contribution in [3.63, 3.8) is 0 Å². The normalized spacial score (nSPS) is 28.9. The fraction of sp³-hybridized carbons (Fsp3) is 0.867. The standard InChI is InChI=1S/C15H25N3O3/c1-16-12-9-20-8-11(12)15-17-14(18-21-15)13(19-2)10-6-4-3-5-7-10/h10-13,16H,3-9H2,1-2H3. The van der Waals surface area contributed by atoms with Crippen LogP contribution >= 0.6 is 0 Å². The highest BCUT2D eigenvalue weighted by atomic mass is 16.5. The molecule has 2 fully saturated rings. The second-order valence-electron chi connectivity index (χ2n) is 6.08. The van der Waals surface area contributed by atoms with Gasteiger partial charge in [-0.1, -0.05) is 24.4 Å². The molecule has 1 aliphatic heterocycles. The van der Waals surface area contributed by atoms with E-state index in [9.17, 15) is 0 Å². The lowest BCUT2D eigenvalue weighted by Gasteiger charge is -2.26. The quantitative estimate of drug-likeness (QED) is 0.896. The lowest BCUT2D eigenvalue weighted by atomic mass is 9.85. The molecule has 6 heteroatoms. The van der Waals surface area contributed by atoms with Gasteiger partial charge in [-0.05, 0) is 25.8 Å². The van der Waals surface area contributed by atoms with Gasteiger partial charge in [-0.25, -0.2) is 0 Å². The van der Waals surface area contributed by atoms with Crippen LogP contribution in [0, 0.1) is 5.92 Å². The number of nitrogens with one attached hydrogen (secondary N) is 1. The van der Waals surface area contributed by atoms with Crippen LogP contribution in [0.15, 0.2) is 4.52 Å². The molecule has 0 spiro atoms. The zero-order valence-electron chi connectivity index (χ0n) is 12.9. The molecule has 1 aromatic heterocycles. The van der Waals surface area contributed by atoms with Crippen LogP contribution in [0.4, 0.5) is 0 Å². The fourth-order valence-electron chi connectivity index (χ4n) is 3.54. The Balaban J connectivity index is 1.73. The summed E-state index contributed by atoms with van der Waals surface area (Å²) >= 11 is 0. The van der Waals surface area contributed by atoms with Crippen molar-refractivity contribution in [1.29, 1.82) is 0 Å². The van der Waals surface area contributed by atoms with Crippen molar-refractivity contribution < 1.29 is 14.0 Å². The SMILES string of the molecule is CNC1COCC1c1nc(C(OC)C2CCCCC2)no1. The van der Waals surface area contributed by atoms with Crippen LogP contribution in [0.25, 0.3) is 0 Å². The fourth-order valence-corrected chi connectivity index (χ4v) is 3.54. The third kappa shape index (κ3) is 3.12. The van der Waals surface area contributed by atoms with Crippen LogP contribution in [0.3, 0.4) is 0 Å². The number of hydrogen-bond donors (Lipinski definition) is 1. The molecule has 1 aliphatic carbocycles. The number of hydrogen-bond acceptors (Lipinski definition) is 6. The third-order valence-corrected chi connectivity index (χ3v) is 4.81. The van der Waals surface area contributed by atoms with Gasteiger partial charge in [0.1, 0.15) is 6.10 Å². The molecule has 118 valence electrons. The number of methoxy groups -OCH3 is 1. The minimum Gasteiger partial charge on any atom is -0.379 e. The molecule has 6 nitrogen and oxygen atoms in total. The van der Waals surface area contributed by atoms with E-state index in [1.807, 2.05) is 7.05 Å². The summed E-state index contributed by atoms with van der Waals surface area (Å²) in [4.78, 5) is 4.61. The van der Waals surface area contributed by atoms with Gasteiger partial charge in [0.2, 0.25) is 11.7 Å². The van der Waals surface area contributed by atoms with Gasteiger partial charge in [0.15, 0.2) is 0 Å². The number of nitrogens with zero attached hydrogens (tertiary/aromatic N) is 2. The van der Waals surface area contributed by atoms with Crippen LogP contribution < -0.4 is 5.32 Å². The van der Waals surface area contributed by atoms with Crippen molar-refractivity contribution in [3.05, 3.63) is 11.7 Å². The average Bonchev–Trinajstić information content (AvgIpc) is 3.17. The molecule has 0 aromatic carbocycles. The summed E-state index contributed by atoms with van der Waals surface area (Å²) in [6.07, 6.45) is 6.20. The maximum atomic E-state index is 5.67. The van der Waals surface area contributed by atoms with E-state index in [0.717, 1.165) is 0 Å². The lowest BCUT2D eigenvalue weighted by Crippen LogP contribution is -2.31. The van der Waals surface area contributed by atoms with Crippen LogP contribution in [0.5, 0.6) is 0 Å². The third-order valence-electron chi connectivity index (χ3n) is 4.81. The Kier molecular flexibility index (Phi) is 4.87. The van der Waals surface area contributed by atoms with Gasteiger partial charge in [0.25, 0.3) is 0 Å². The van der Waals surface area contributed by atoms with Gasteiger partial charge in [-0.15, -0.1) is 0 Å². The number of aromatic nitrogens is 2. The van der Waals surface area contributed by atoms with Crippen molar-refractivity contribution in [2.75, 3.05) is 27.4 Å². The molecule has 1 saturated heterocycles. The van der Waals surface area contributed by atoms with E-state index in [0.29, 0.717) is 30.8 Å². The Morgan fingerprint density at radius 3 is 2.76 bits per heavy atom. The summed E-state index contributed by atoms with van der Waals surface area (Å²) in [7, 11) is 3.67. The van der Waals surface area contributed by atoms with E-state index < -0.39 is 0 Å². The van der Waals surface area contributed by atoms with E-state index in [1.54, 1.807) is 7.11 Å². The zero-order valence-corrected chi connectivity index (χ0v) is 12.9. The highest BCUT2D eigenvalue weighted by Crippen LogP contribution is 2.36. The van der Waals surface area contributed by atoms with Crippen molar-refractivity contribution in [2.24, 2.45) is 5.92 Å². The second-order valence-corrected chi connectivity index (χ2v) is 6.08. The molecule has 1 aromatic rings. The zero-order chi connectivity index (χ0) is 14.7. The second kappa shape index (κ2) is 6.85. The van der Waals surface area contributed by atoms with Crippen LogP contribution in [0.2, 0.25) is 0 Å². The molecule has 3 rings (SSSR count). The van der Waals surface area contributed by atoms with E-state index in [2.05, 4.69) is 15.5 Å². The van der Waals surface area contributed by atoms with Crippen LogP contribution in [0.1, 0.15) is 55.8 Å². The summed E-state index contributed by atoms with van der Waals surface area (Å²) in [5, 5.41) is 7.43. The van der Waals surface area contributed by atoms with Gasteiger partial charge >= 0.3 is 0 Å². The lowest BCUT2D eigenvalue weighted by molar-refractivity contribution is 0.0273. The van der Waals surface area contributed by atoms with Gasteiger partial charge in [-0.3, -0.25) is 0 Å². The molecule has 0 bridgehead atoms. The maximum absolute atomic E-state index is 5.67. The molecule has 3 unspecified atom stereocenters. The molecule has 0 radical (unpaired) electrons. The molecule has 2 aliphatic rings. The minimum absolute atomic E-state index is 0.0434. The van der Waals surface area contributed by atoms with Crippen LogP contribution in [-0.4, -0.2) is 43.6 Å². The Morgan fingerprint density at radius 2 is 2.05 bits per heavy atom. The molecule has 21 heavy (non-hydrogen) atoms. The highest BCUT2D eigenvalue weighted by Gasteiger charge is 2.35. The average molecular weight is 295 g/mol. The Bertz CT molecular complexity index is 445. The van der Waals surface area contributed by atoms with Gasteiger partial charge in [-0.2, -0.15) is 4.98 Å². The number of ether oxygens (including phenoxy) is 2. The van der Waals surface area contributed by atoms with Crippen molar-refractivity contribution >= 4 is 0 Å². The Morgan fingerprint density at radius 1 is 1.24 bits per heavy atom. The molecular formula is C15H25N3O3. The predicted molar refractivity (Wildman–Crippen MR) is 77.0 cm³/mol. The van der Waals surface area contributed by atoms with Crippen molar-refractivity contribution in [3.8, 4) is 0 Å². The molecular weight excluding hydrogens is 270 g/mol. The Labute approximate surface area is 125 Å². The van der Waals surface area contributed by atoms with E-state index in [-0.39, 0.29) is 18.1 Å². The van der Waals surface area contributed by atoms with E-state index in [1.165, 1.54) is 32.1 Å². The van der Waals surface area contributed by atoms with Crippen LogP contribution in [-0.2, 0) is 9.47 Å². The van der Waals surface area contributed by atoms with E-state index >= 15 is 0 Å². The summed E-state index contributed by atoms with van der Waals surface area (Å²) in [6, 6.07) is 0.244. The van der Waals surface area contributed by atoms with Gasteiger partial charge < -0.3 is 19.3 Å². The minimum atomic E-state index is -0.0434. The summed E-state index contributed by atoms with van der Waals surface area (Å²) in [5.41, 5.74) is 0.